The molecular formula is C18H23N5O4. The summed E-state index contributed by atoms with van der Waals surface area (Å²) >= 11 is 0. The van der Waals surface area contributed by atoms with Gasteiger partial charge in [-0.25, -0.2) is 0 Å². The molecule has 2 aliphatic heterocycles. The monoisotopic (exact) mass is 373 g/mol. The molecule has 1 N–H and O–H groups in total. The van der Waals surface area contributed by atoms with Crippen LogP contribution in [0.2, 0.25) is 0 Å². The molecule has 0 aliphatic carbocycles. The van der Waals surface area contributed by atoms with Crippen LogP contribution in [0.5, 0.6) is 0 Å². The molecule has 0 bridgehead atoms. The van der Waals surface area contributed by atoms with Crippen LogP contribution in [0.4, 0.5) is 0 Å². The molecule has 1 saturated heterocycles. The fourth-order valence-electron chi connectivity index (χ4n) is 3.44. The van der Waals surface area contributed by atoms with E-state index in [2.05, 4.69) is 15.4 Å². The van der Waals surface area contributed by atoms with Crippen molar-refractivity contribution < 1.29 is 18.8 Å². The van der Waals surface area contributed by atoms with Crippen LogP contribution in [0, 0.1) is 0 Å². The highest BCUT2D eigenvalue weighted by molar-refractivity contribution is 5.94. The fourth-order valence-corrected chi connectivity index (χ4v) is 3.44. The zero-order chi connectivity index (χ0) is 18.8. The van der Waals surface area contributed by atoms with Gasteiger partial charge in [0.2, 0.25) is 0 Å². The quantitative estimate of drug-likeness (QED) is 0.805. The summed E-state index contributed by atoms with van der Waals surface area (Å²) in [5, 5.41) is 6.73. The summed E-state index contributed by atoms with van der Waals surface area (Å²) in [5.74, 6) is 0.315. The molecule has 4 heterocycles. The Labute approximate surface area is 156 Å². The van der Waals surface area contributed by atoms with E-state index in [4.69, 9.17) is 9.26 Å². The predicted octanol–water partition coefficient (Wildman–Crippen LogP) is 0.193. The number of hydrogen-bond donors (Lipinski definition) is 1. The standard InChI is InChI=1S/C18H23N5O4/c1-21-13(11-23-4-2-3-16(23)18(21)25)10-19-17(24)15-9-14(27-20-15)12-22-5-7-26-8-6-22/h2-4,9,13H,5-8,10-12H2,1H3,(H,19,24). The predicted molar refractivity (Wildman–Crippen MR) is 95.2 cm³/mol. The van der Waals surface area contributed by atoms with Crippen LogP contribution in [0.3, 0.4) is 0 Å². The number of aromatic nitrogens is 2. The SMILES string of the molecule is CN1C(=O)c2cccn2CC1CNC(=O)c1cc(CN2CCOCC2)on1. The number of amides is 2. The van der Waals surface area contributed by atoms with Gasteiger partial charge in [0, 0.05) is 45.5 Å². The fraction of sp³-hybridized carbons (Fsp3) is 0.500. The Hall–Kier alpha value is -2.65. The zero-order valence-corrected chi connectivity index (χ0v) is 15.3. The second kappa shape index (κ2) is 7.53. The number of fused-ring (bicyclic) bond motifs is 1. The van der Waals surface area contributed by atoms with E-state index in [1.54, 1.807) is 24.1 Å². The highest BCUT2D eigenvalue weighted by atomic mass is 16.5. The minimum absolute atomic E-state index is 0.0419. The van der Waals surface area contributed by atoms with E-state index >= 15 is 0 Å². The minimum Gasteiger partial charge on any atom is -0.379 e. The van der Waals surface area contributed by atoms with E-state index in [9.17, 15) is 9.59 Å². The van der Waals surface area contributed by atoms with Crippen molar-refractivity contribution in [1.29, 1.82) is 0 Å². The van der Waals surface area contributed by atoms with Crippen LogP contribution in [-0.2, 0) is 17.8 Å². The zero-order valence-electron chi connectivity index (χ0n) is 15.3. The molecule has 1 atom stereocenters. The first-order valence-electron chi connectivity index (χ1n) is 9.08. The van der Waals surface area contributed by atoms with E-state index in [1.807, 2.05) is 16.8 Å². The normalized spacial score (nSPS) is 20.6. The third kappa shape index (κ3) is 3.74. The molecule has 9 nitrogen and oxygen atoms in total. The first kappa shape index (κ1) is 17.7. The Balaban J connectivity index is 1.32. The lowest BCUT2D eigenvalue weighted by molar-refractivity contribution is 0.0305. The van der Waals surface area contributed by atoms with Gasteiger partial charge < -0.3 is 24.0 Å². The number of likely N-dealkylation sites (N-methyl/N-ethyl adjacent to an activating group) is 1. The van der Waals surface area contributed by atoms with Gasteiger partial charge in [0.05, 0.1) is 25.8 Å². The molecular weight excluding hydrogens is 350 g/mol. The van der Waals surface area contributed by atoms with Gasteiger partial charge in [-0.3, -0.25) is 14.5 Å². The molecule has 2 amide bonds. The van der Waals surface area contributed by atoms with Crippen molar-refractivity contribution in [3.05, 3.63) is 41.5 Å². The summed E-state index contributed by atoms with van der Waals surface area (Å²) in [6.45, 7) is 4.70. The van der Waals surface area contributed by atoms with Crippen LogP contribution < -0.4 is 5.32 Å². The number of carbonyl (C=O) groups is 2. The molecule has 27 heavy (non-hydrogen) atoms. The van der Waals surface area contributed by atoms with Crippen LogP contribution in [0.1, 0.15) is 26.7 Å². The lowest BCUT2D eigenvalue weighted by atomic mass is 10.1. The lowest BCUT2D eigenvalue weighted by Gasteiger charge is -2.33. The van der Waals surface area contributed by atoms with Crippen LogP contribution >= 0.6 is 0 Å². The smallest absolute Gasteiger partial charge is 0.273 e. The van der Waals surface area contributed by atoms with Crippen LogP contribution in [0.25, 0.3) is 0 Å². The number of nitrogens with one attached hydrogen (secondary N) is 1. The molecule has 9 heteroatoms. The first-order chi connectivity index (χ1) is 13.1. The molecule has 0 radical (unpaired) electrons. The average Bonchev–Trinajstić information content (AvgIpc) is 3.33. The number of morpholine rings is 1. The number of hydrogen-bond acceptors (Lipinski definition) is 6. The largest absolute Gasteiger partial charge is 0.379 e. The van der Waals surface area contributed by atoms with Crippen molar-refractivity contribution in [3.63, 3.8) is 0 Å². The van der Waals surface area contributed by atoms with Gasteiger partial charge >= 0.3 is 0 Å². The second-order valence-corrected chi connectivity index (χ2v) is 6.89. The van der Waals surface area contributed by atoms with Crippen LogP contribution in [-0.4, -0.2) is 77.3 Å². The minimum atomic E-state index is -0.300. The maximum absolute atomic E-state index is 12.4. The number of ether oxygens (including phenoxy) is 1. The van der Waals surface area contributed by atoms with E-state index in [-0.39, 0.29) is 23.6 Å². The van der Waals surface area contributed by atoms with Gasteiger partial charge in [0.1, 0.15) is 5.69 Å². The van der Waals surface area contributed by atoms with Crippen molar-refractivity contribution in [2.75, 3.05) is 39.9 Å². The molecule has 2 aromatic heterocycles. The molecule has 1 fully saturated rings. The van der Waals surface area contributed by atoms with Crippen molar-refractivity contribution in [2.24, 2.45) is 0 Å². The number of nitrogens with zero attached hydrogens (tertiary/aromatic N) is 4. The summed E-state index contributed by atoms with van der Waals surface area (Å²) in [7, 11) is 1.76. The van der Waals surface area contributed by atoms with Gasteiger partial charge in [-0.1, -0.05) is 5.16 Å². The summed E-state index contributed by atoms with van der Waals surface area (Å²) < 4.78 is 12.5. The highest BCUT2D eigenvalue weighted by Gasteiger charge is 2.29. The van der Waals surface area contributed by atoms with E-state index in [0.29, 0.717) is 44.3 Å². The molecule has 1 unspecified atom stereocenters. The average molecular weight is 373 g/mol. The van der Waals surface area contributed by atoms with Crippen molar-refractivity contribution in [1.82, 2.24) is 24.8 Å². The molecule has 0 aromatic carbocycles. The lowest BCUT2D eigenvalue weighted by Crippen LogP contribution is -2.50. The summed E-state index contributed by atoms with van der Waals surface area (Å²) in [4.78, 5) is 28.6. The van der Waals surface area contributed by atoms with Crippen LogP contribution in [0.15, 0.2) is 28.9 Å². The molecule has 2 aromatic rings. The first-order valence-corrected chi connectivity index (χ1v) is 9.08. The van der Waals surface area contributed by atoms with Gasteiger partial charge in [0.15, 0.2) is 11.5 Å². The van der Waals surface area contributed by atoms with Crippen molar-refractivity contribution in [3.8, 4) is 0 Å². The van der Waals surface area contributed by atoms with E-state index < -0.39 is 0 Å². The van der Waals surface area contributed by atoms with Gasteiger partial charge in [-0.2, -0.15) is 0 Å². The van der Waals surface area contributed by atoms with Crippen molar-refractivity contribution in [2.45, 2.75) is 19.1 Å². The van der Waals surface area contributed by atoms with Gasteiger partial charge in [0.25, 0.3) is 11.8 Å². The Morgan fingerprint density at radius 2 is 2.19 bits per heavy atom. The molecule has 2 aliphatic rings. The summed E-state index contributed by atoms with van der Waals surface area (Å²) in [5.41, 5.74) is 0.925. The van der Waals surface area contributed by atoms with Gasteiger partial charge in [-0.05, 0) is 12.1 Å². The summed E-state index contributed by atoms with van der Waals surface area (Å²) in [6, 6.07) is 5.22. The number of rotatable bonds is 5. The van der Waals surface area contributed by atoms with Gasteiger partial charge in [-0.15, -0.1) is 0 Å². The Bertz CT molecular complexity index is 823. The molecule has 0 spiro atoms. The molecule has 144 valence electrons. The summed E-state index contributed by atoms with van der Waals surface area (Å²) in [6.07, 6.45) is 1.88. The molecule has 4 rings (SSSR count). The number of carbonyl (C=O) groups excluding carboxylic acids is 2. The Morgan fingerprint density at radius 1 is 1.37 bits per heavy atom. The Kier molecular flexibility index (Phi) is 4.95. The third-order valence-corrected chi connectivity index (χ3v) is 5.10. The van der Waals surface area contributed by atoms with E-state index in [0.717, 1.165) is 13.1 Å². The topological polar surface area (TPSA) is 92.8 Å². The Morgan fingerprint density at radius 3 is 3.00 bits per heavy atom. The maximum atomic E-state index is 12.4. The second-order valence-electron chi connectivity index (χ2n) is 6.89. The molecule has 0 saturated carbocycles. The van der Waals surface area contributed by atoms with Crippen molar-refractivity contribution >= 4 is 11.8 Å². The highest BCUT2D eigenvalue weighted by Crippen LogP contribution is 2.16. The third-order valence-electron chi connectivity index (χ3n) is 5.10. The van der Waals surface area contributed by atoms with E-state index in [1.165, 1.54) is 0 Å². The maximum Gasteiger partial charge on any atom is 0.273 e.